The molecule has 3 aromatic carbocycles. The molecule has 1 amide bonds. The second-order valence-corrected chi connectivity index (χ2v) is 6.88. The molecule has 0 aliphatic rings. The summed E-state index contributed by atoms with van der Waals surface area (Å²) in [5.74, 6) is 0.900. The van der Waals surface area contributed by atoms with E-state index in [1.807, 2.05) is 60.7 Å². The van der Waals surface area contributed by atoms with E-state index in [2.05, 4.69) is 15.6 Å². The number of carbonyl (C=O) groups excluding carboxylic acids is 1. The third-order valence-electron chi connectivity index (χ3n) is 4.78. The molecule has 0 radical (unpaired) electrons. The SMILES string of the molecule is COc1cc(/C=N\NC(=O)c2cn(-c3ccccc3)nc2-c2ccccc2)cc(OC)c1. The van der Waals surface area contributed by atoms with Gasteiger partial charge in [-0.15, -0.1) is 0 Å². The van der Waals surface area contributed by atoms with Gasteiger partial charge in [0.2, 0.25) is 0 Å². The van der Waals surface area contributed by atoms with Crippen LogP contribution in [0, 0.1) is 0 Å². The number of amides is 1. The summed E-state index contributed by atoms with van der Waals surface area (Å²) in [6, 6.07) is 24.6. The number of hydrazone groups is 1. The molecular weight excluding hydrogens is 404 g/mol. The van der Waals surface area contributed by atoms with Crippen molar-refractivity contribution < 1.29 is 14.3 Å². The van der Waals surface area contributed by atoms with Crippen LogP contribution in [0.25, 0.3) is 16.9 Å². The van der Waals surface area contributed by atoms with E-state index >= 15 is 0 Å². The molecule has 160 valence electrons. The smallest absolute Gasteiger partial charge is 0.275 e. The molecule has 1 N–H and O–H groups in total. The Morgan fingerprint density at radius 3 is 2.19 bits per heavy atom. The summed E-state index contributed by atoms with van der Waals surface area (Å²) in [7, 11) is 3.15. The lowest BCUT2D eigenvalue weighted by atomic mass is 10.1. The lowest BCUT2D eigenvalue weighted by Crippen LogP contribution is -2.18. The Labute approximate surface area is 185 Å². The molecule has 0 aliphatic carbocycles. The predicted molar refractivity (Wildman–Crippen MR) is 124 cm³/mol. The maximum atomic E-state index is 13.0. The molecule has 0 fully saturated rings. The minimum absolute atomic E-state index is 0.364. The van der Waals surface area contributed by atoms with Crippen LogP contribution < -0.4 is 14.9 Å². The first-order chi connectivity index (χ1) is 15.7. The fourth-order valence-electron chi connectivity index (χ4n) is 3.19. The molecule has 32 heavy (non-hydrogen) atoms. The van der Waals surface area contributed by atoms with Crippen molar-refractivity contribution >= 4 is 12.1 Å². The Hall–Kier alpha value is -4.39. The zero-order valence-corrected chi connectivity index (χ0v) is 17.7. The minimum Gasteiger partial charge on any atom is -0.497 e. The van der Waals surface area contributed by atoms with Crippen molar-refractivity contribution in [1.29, 1.82) is 0 Å². The fraction of sp³-hybridized carbons (Fsp3) is 0.0800. The van der Waals surface area contributed by atoms with Crippen LogP contribution in [0.1, 0.15) is 15.9 Å². The first kappa shape index (κ1) is 20.9. The van der Waals surface area contributed by atoms with Gasteiger partial charge in [-0.05, 0) is 24.3 Å². The van der Waals surface area contributed by atoms with Crippen molar-refractivity contribution in [2.45, 2.75) is 0 Å². The average molecular weight is 426 g/mol. The molecule has 4 rings (SSSR count). The number of benzene rings is 3. The molecule has 0 saturated carbocycles. The topological polar surface area (TPSA) is 77.7 Å². The number of para-hydroxylation sites is 1. The third-order valence-corrected chi connectivity index (χ3v) is 4.78. The molecule has 1 heterocycles. The van der Waals surface area contributed by atoms with Gasteiger partial charge in [0.05, 0.1) is 31.7 Å². The molecule has 0 unspecified atom stereocenters. The van der Waals surface area contributed by atoms with Crippen LogP contribution in [0.15, 0.2) is 90.2 Å². The summed E-state index contributed by atoms with van der Waals surface area (Å²) < 4.78 is 12.2. The summed E-state index contributed by atoms with van der Waals surface area (Å²) in [6.45, 7) is 0. The number of hydrogen-bond donors (Lipinski definition) is 1. The monoisotopic (exact) mass is 426 g/mol. The lowest BCUT2D eigenvalue weighted by molar-refractivity contribution is 0.0955. The number of ether oxygens (including phenoxy) is 2. The van der Waals surface area contributed by atoms with Gasteiger partial charge in [0.15, 0.2) is 0 Å². The number of aromatic nitrogens is 2. The van der Waals surface area contributed by atoms with Crippen LogP contribution in [0.3, 0.4) is 0 Å². The van der Waals surface area contributed by atoms with Crippen LogP contribution in [-0.2, 0) is 0 Å². The zero-order chi connectivity index (χ0) is 22.3. The molecule has 0 aliphatic heterocycles. The first-order valence-electron chi connectivity index (χ1n) is 9.95. The van der Waals surface area contributed by atoms with Gasteiger partial charge in [0.1, 0.15) is 17.2 Å². The summed E-state index contributed by atoms with van der Waals surface area (Å²) >= 11 is 0. The molecule has 0 bridgehead atoms. The number of nitrogens with zero attached hydrogens (tertiary/aromatic N) is 3. The normalized spacial score (nSPS) is 10.8. The Kier molecular flexibility index (Phi) is 6.27. The Bertz CT molecular complexity index is 1210. The van der Waals surface area contributed by atoms with Gasteiger partial charge in [-0.3, -0.25) is 4.79 Å². The van der Waals surface area contributed by atoms with E-state index in [1.165, 1.54) is 6.21 Å². The lowest BCUT2D eigenvalue weighted by Gasteiger charge is -2.05. The highest BCUT2D eigenvalue weighted by molar-refractivity contribution is 6.00. The van der Waals surface area contributed by atoms with Crippen molar-refractivity contribution in [2.24, 2.45) is 5.10 Å². The van der Waals surface area contributed by atoms with Crippen molar-refractivity contribution in [1.82, 2.24) is 15.2 Å². The van der Waals surface area contributed by atoms with Crippen LogP contribution >= 0.6 is 0 Å². The fourth-order valence-corrected chi connectivity index (χ4v) is 3.19. The maximum Gasteiger partial charge on any atom is 0.275 e. The Morgan fingerprint density at radius 2 is 1.56 bits per heavy atom. The molecule has 0 spiro atoms. The standard InChI is InChI=1S/C25H22N4O3/c1-31-21-13-18(14-22(15-21)32-2)16-26-27-25(30)23-17-29(20-11-7-4-8-12-20)28-24(23)19-9-5-3-6-10-19/h3-17H,1-2H3,(H,27,30)/b26-16-. The zero-order valence-electron chi connectivity index (χ0n) is 17.7. The van der Waals surface area contributed by atoms with Gasteiger partial charge in [-0.25, -0.2) is 10.1 Å². The number of hydrogen-bond acceptors (Lipinski definition) is 5. The molecular formula is C25H22N4O3. The molecule has 1 aromatic heterocycles. The van der Waals surface area contributed by atoms with Crippen LogP contribution in [0.2, 0.25) is 0 Å². The first-order valence-corrected chi connectivity index (χ1v) is 9.95. The van der Waals surface area contributed by atoms with Gasteiger partial charge in [-0.1, -0.05) is 48.5 Å². The summed E-state index contributed by atoms with van der Waals surface area (Å²) in [6.07, 6.45) is 3.24. The molecule has 7 heteroatoms. The largest absolute Gasteiger partial charge is 0.497 e. The van der Waals surface area contributed by atoms with Gasteiger partial charge >= 0.3 is 0 Å². The van der Waals surface area contributed by atoms with E-state index in [0.29, 0.717) is 22.8 Å². The third kappa shape index (κ3) is 4.67. The number of nitrogens with one attached hydrogen (secondary N) is 1. The number of methoxy groups -OCH3 is 2. The molecule has 0 atom stereocenters. The van der Waals surface area contributed by atoms with Gasteiger partial charge in [0.25, 0.3) is 5.91 Å². The van der Waals surface area contributed by atoms with Crippen molar-refractivity contribution in [3.63, 3.8) is 0 Å². The Balaban J connectivity index is 1.62. The average Bonchev–Trinajstić information content (AvgIpc) is 3.30. The minimum atomic E-state index is -0.364. The maximum absolute atomic E-state index is 13.0. The highest BCUT2D eigenvalue weighted by atomic mass is 16.5. The van der Waals surface area contributed by atoms with Crippen LogP contribution in [-0.4, -0.2) is 36.1 Å². The van der Waals surface area contributed by atoms with Crippen LogP contribution in [0.5, 0.6) is 11.5 Å². The Morgan fingerprint density at radius 1 is 0.938 bits per heavy atom. The highest BCUT2D eigenvalue weighted by Gasteiger charge is 2.18. The number of rotatable bonds is 7. The summed E-state index contributed by atoms with van der Waals surface area (Å²) in [4.78, 5) is 13.0. The molecule has 4 aromatic rings. The van der Waals surface area contributed by atoms with Gasteiger partial charge in [0, 0.05) is 23.4 Å². The van der Waals surface area contributed by atoms with E-state index < -0.39 is 0 Å². The molecule has 7 nitrogen and oxygen atoms in total. The van der Waals surface area contributed by atoms with Gasteiger partial charge in [-0.2, -0.15) is 10.2 Å². The van der Waals surface area contributed by atoms with Crippen LogP contribution in [0.4, 0.5) is 0 Å². The van der Waals surface area contributed by atoms with E-state index in [1.54, 1.807) is 43.3 Å². The van der Waals surface area contributed by atoms with E-state index in [-0.39, 0.29) is 5.91 Å². The van der Waals surface area contributed by atoms with E-state index in [9.17, 15) is 4.79 Å². The van der Waals surface area contributed by atoms with Crippen molar-refractivity contribution in [3.8, 4) is 28.4 Å². The van der Waals surface area contributed by atoms with Gasteiger partial charge < -0.3 is 9.47 Å². The highest BCUT2D eigenvalue weighted by Crippen LogP contribution is 2.24. The molecule has 0 saturated heterocycles. The number of carbonyl (C=O) groups is 1. The second-order valence-electron chi connectivity index (χ2n) is 6.88. The van der Waals surface area contributed by atoms with Crippen molar-refractivity contribution in [2.75, 3.05) is 14.2 Å². The predicted octanol–water partition coefficient (Wildman–Crippen LogP) is 4.32. The van der Waals surface area contributed by atoms with Crippen molar-refractivity contribution in [3.05, 3.63) is 96.2 Å². The van der Waals surface area contributed by atoms with E-state index in [4.69, 9.17) is 9.47 Å². The quantitative estimate of drug-likeness (QED) is 0.353. The second kappa shape index (κ2) is 9.61. The summed E-state index contributed by atoms with van der Waals surface area (Å²) in [5, 5.41) is 8.77. The summed E-state index contributed by atoms with van der Waals surface area (Å²) in [5.41, 5.74) is 6.01. The van der Waals surface area contributed by atoms with E-state index in [0.717, 1.165) is 16.8 Å².